The molecule has 0 unspecified atom stereocenters. The molecular formula is C9H9F2NO3. The van der Waals surface area contributed by atoms with E-state index in [1.54, 1.807) is 0 Å². The molecule has 0 radical (unpaired) electrons. The zero-order valence-corrected chi connectivity index (χ0v) is 7.67. The minimum Gasteiger partial charge on any atom is -0.477 e. The van der Waals surface area contributed by atoms with Crippen LogP contribution in [0.4, 0.5) is 8.78 Å². The van der Waals surface area contributed by atoms with Gasteiger partial charge in [0.15, 0.2) is 0 Å². The van der Waals surface area contributed by atoms with Gasteiger partial charge in [-0.3, -0.25) is 0 Å². The Morgan fingerprint density at radius 3 is 2.33 bits per heavy atom. The summed E-state index contributed by atoms with van der Waals surface area (Å²) in [4.78, 5) is 14.7. The average Bonchev–Trinajstić information content (AvgIpc) is 2.12. The molecule has 0 fully saturated rings. The van der Waals surface area contributed by atoms with Crippen molar-refractivity contribution in [3.8, 4) is 0 Å². The van der Waals surface area contributed by atoms with Crippen LogP contribution in [0.3, 0.4) is 0 Å². The number of rotatable bonds is 4. The predicted octanol–water partition coefficient (Wildman–Crippen LogP) is 1.10. The number of hydrogen-bond donors (Lipinski definition) is 2. The first kappa shape index (κ1) is 11.5. The zero-order chi connectivity index (χ0) is 11.4. The van der Waals surface area contributed by atoms with Crippen LogP contribution in [0.2, 0.25) is 0 Å². The summed E-state index contributed by atoms with van der Waals surface area (Å²) in [6.45, 7) is 0.102. The molecule has 1 rings (SSSR count). The molecule has 0 atom stereocenters. The number of hydrogen-bond acceptors (Lipinski definition) is 3. The van der Waals surface area contributed by atoms with Crippen molar-refractivity contribution in [1.29, 1.82) is 0 Å². The van der Waals surface area contributed by atoms with Gasteiger partial charge in [-0.25, -0.2) is 19.5 Å². The van der Waals surface area contributed by atoms with Crippen LogP contribution in [0.1, 0.15) is 15.9 Å². The van der Waals surface area contributed by atoms with E-state index in [0.29, 0.717) is 5.56 Å². The number of carboxylic acids is 1. The summed E-state index contributed by atoms with van der Waals surface area (Å²) in [6.07, 6.45) is 0.213. The molecule has 1 aromatic rings. The van der Waals surface area contributed by atoms with Crippen molar-refractivity contribution in [2.45, 2.75) is 6.42 Å². The second-order valence-electron chi connectivity index (χ2n) is 2.86. The lowest BCUT2D eigenvalue weighted by Crippen LogP contribution is -2.08. The van der Waals surface area contributed by atoms with Crippen molar-refractivity contribution < 1.29 is 23.5 Å². The smallest absolute Gasteiger partial charge is 0.341 e. The van der Waals surface area contributed by atoms with E-state index in [4.69, 9.17) is 11.0 Å². The Kier molecular flexibility index (Phi) is 3.70. The van der Waals surface area contributed by atoms with E-state index in [9.17, 15) is 13.6 Å². The largest absolute Gasteiger partial charge is 0.477 e. The molecule has 0 saturated carbocycles. The first-order valence-corrected chi connectivity index (χ1v) is 4.09. The molecule has 15 heavy (non-hydrogen) atoms. The molecule has 4 nitrogen and oxygen atoms in total. The topological polar surface area (TPSA) is 72.5 Å². The fourth-order valence-electron chi connectivity index (χ4n) is 1.15. The summed E-state index contributed by atoms with van der Waals surface area (Å²) < 4.78 is 26.2. The maximum atomic E-state index is 13.1. The highest BCUT2D eigenvalue weighted by Gasteiger charge is 2.17. The zero-order valence-electron chi connectivity index (χ0n) is 7.67. The fraction of sp³-hybridized carbons (Fsp3) is 0.222. The lowest BCUT2D eigenvalue weighted by Gasteiger charge is -2.04. The van der Waals surface area contributed by atoms with Gasteiger partial charge in [0.2, 0.25) is 0 Å². The summed E-state index contributed by atoms with van der Waals surface area (Å²) in [5, 5.41) is 8.49. The molecule has 0 aliphatic heterocycles. The Balaban J connectivity index is 3.03. The van der Waals surface area contributed by atoms with Gasteiger partial charge in [0, 0.05) is 0 Å². The van der Waals surface area contributed by atoms with Gasteiger partial charge < -0.3 is 9.94 Å². The molecular weight excluding hydrogens is 208 g/mol. The number of carbonyl (C=O) groups is 1. The fourth-order valence-corrected chi connectivity index (χ4v) is 1.15. The summed E-state index contributed by atoms with van der Waals surface area (Å²) in [7, 11) is 0. The average molecular weight is 217 g/mol. The normalized spacial score (nSPS) is 10.3. The lowest BCUT2D eigenvalue weighted by atomic mass is 10.1. The molecule has 0 amide bonds. The van der Waals surface area contributed by atoms with E-state index in [1.165, 1.54) is 0 Å². The second-order valence-corrected chi connectivity index (χ2v) is 2.86. The summed E-state index contributed by atoms with van der Waals surface area (Å²) >= 11 is 0. The van der Waals surface area contributed by atoms with Crippen LogP contribution in [-0.2, 0) is 11.3 Å². The molecule has 0 aliphatic carbocycles. The standard InChI is InChI=1S/C9H9F2NO3/c10-6-3-5(1-2-15-12)4-7(11)8(6)9(13)14/h3-4H,1-2,12H2,(H,13,14). The molecule has 3 N–H and O–H groups in total. The van der Waals surface area contributed by atoms with E-state index in [0.717, 1.165) is 12.1 Å². The van der Waals surface area contributed by atoms with Crippen LogP contribution in [0.25, 0.3) is 0 Å². The Bertz CT molecular complexity index is 359. The van der Waals surface area contributed by atoms with Gasteiger partial charge in [-0.05, 0) is 24.1 Å². The molecule has 82 valence electrons. The Labute approximate surface area is 84.2 Å². The molecule has 6 heteroatoms. The Morgan fingerprint density at radius 2 is 1.93 bits per heavy atom. The number of nitrogens with two attached hydrogens (primary N) is 1. The van der Waals surface area contributed by atoms with E-state index < -0.39 is 23.2 Å². The SMILES string of the molecule is NOCCc1cc(F)c(C(=O)O)c(F)c1. The van der Waals surface area contributed by atoms with Crippen molar-refractivity contribution in [1.82, 2.24) is 0 Å². The number of carboxylic acid groups (broad SMARTS) is 1. The highest BCUT2D eigenvalue weighted by molar-refractivity contribution is 5.88. The predicted molar refractivity (Wildman–Crippen MR) is 47.2 cm³/mol. The summed E-state index contributed by atoms with van der Waals surface area (Å²) in [5.41, 5.74) is -0.659. The molecule has 0 spiro atoms. The van der Waals surface area contributed by atoms with Gasteiger partial charge in [-0.1, -0.05) is 0 Å². The summed E-state index contributed by atoms with van der Waals surface area (Å²) in [6, 6.07) is 1.90. The number of benzene rings is 1. The van der Waals surface area contributed by atoms with E-state index in [-0.39, 0.29) is 13.0 Å². The third-order valence-corrected chi connectivity index (χ3v) is 1.82. The Morgan fingerprint density at radius 1 is 1.40 bits per heavy atom. The second kappa shape index (κ2) is 4.81. The van der Waals surface area contributed by atoms with Gasteiger partial charge in [0.05, 0.1) is 6.61 Å². The van der Waals surface area contributed by atoms with Crippen LogP contribution in [0.15, 0.2) is 12.1 Å². The van der Waals surface area contributed by atoms with Gasteiger partial charge in [0.25, 0.3) is 0 Å². The molecule has 0 aliphatic rings. The minimum atomic E-state index is -1.63. The van der Waals surface area contributed by atoms with Gasteiger partial charge in [0.1, 0.15) is 17.2 Å². The number of aromatic carboxylic acids is 1. The summed E-state index contributed by atoms with van der Waals surface area (Å²) in [5.74, 6) is 0.912. The van der Waals surface area contributed by atoms with Gasteiger partial charge in [-0.2, -0.15) is 0 Å². The maximum Gasteiger partial charge on any atom is 0.341 e. The van der Waals surface area contributed by atoms with Crippen molar-refractivity contribution >= 4 is 5.97 Å². The van der Waals surface area contributed by atoms with E-state index in [1.807, 2.05) is 0 Å². The Hall–Kier alpha value is -1.53. The number of halogens is 2. The molecule has 1 aromatic carbocycles. The van der Waals surface area contributed by atoms with Crippen LogP contribution in [0, 0.1) is 11.6 Å². The van der Waals surface area contributed by atoms with Crippen molar-refractivity contribution in [2.24, 2.45) is 5.90 Å². The van der Waals surface area contributed by atoms with Crippen molar-refractivity contribution in [2.75, 3.05) is 6.61 Å². The van der Waals surface area contributed by atoms with Gasteiger partial charge >= 0.3 is 5.97 Å². The van der Waals surface area contributed by atoms with Crippen LogP contribution in [0.5, 0.6) is 0 Å². The molecule has 0 bridgehead atoms. The van der Waals surface area contributed by atoms with Crippen LogP contribution < -0.4 is 5.90 Å². The minimum absolute atomic E-state index is 0.102. The highest BCUT2D eigenvalue weighted by atomic mass is 19.1. The third kappa shape index (κ3) is 2.71. The van der Waals surface area contributed by atoms with Crippen molar-refractivity contribution in [3.63, 3.8) is 0 Å². The molecule has 0 saturated heterocycles. The maximum absolute atomic E-state index is 13.1. The molecule has 0 aromatic heterocycles. The van der Waals surface area contributed by atoms with Crippen LogP contribution >= 0.6 is 0 Å². The first-order valence-electron chi connectivity index (χ1n) is 4.09. The van der Waals surface area contributed by atoms with E-state index in [2.05, 4.69) is 4.84 Å². The molecule has 0 heterocycles. The van der Waals surface area contributed by atoms with Crippen molar-refractivity contribution in [3.05, 3.63) is 34.9 Å². The third-order valence-electron chi connectivity index (χ3n) is 1.82. The monoisotopic (exact) mass is 217 g/mol. The highest BCUT2D eigenvalue weighted by Crippen LogP contribution is 2.15. The van der Waals surface area contributed by atoms with Gasteiger partial charge in [-0.15, -0.1) is 0 Å². The lowest BCUT2D eigenvalue weighted by molar-refractivity contribution is 0.0686. The quantitative estimate of drug-likeness (QED) is 0.740. The van der Waals surface area contributed by atoms with E-state index >= 15 is 0 Å². The van der Waals surface area contributed by atoms with Crippen LogP contribution in [-0.4, -0.2) is 17.7 Å². The first-order chi connectivity index (χ1) is 7.06.